The average molecular weight is 320 g/mol. The Hall–Kier alpha value is -3.14. The summed E-state index contributed by atoms with van der Waals surface area (Å²) >= 11 is 0. The van der Waals surface area contributed by atoms with Crippen LogP contribution in [0.5, 0.6) is 0 Å². The molecular weight excluding hydrogens is 310 g/mol. The van der Waals surface area contributed by atoms with Crippen LogP contribution in [0.3, 0.4) is 0 Å². The van der Waals surface area contributed by atoms with Gasteiger partial charge in [0.1, 0.15) is 11.6 Å². The van der Waals surface area contributed by atoms with Crippen molar-refractivity contribution in [1.29, 1.82) is 0 Å². The van der Waals surface area contributed by atoms with Gasteiger partial charge in [-0.2, -0.15) is 0 Å². The first-order chi connectivity index (χ1) is 11.6. The molecule has 4 heteroatoms. The summed E-state index contributed by atoms with van der Waals surface area (Å²) in [6.45, 7) is 0. The van der Waals surface area contributed by atoms with Gasteiger partial charge in [0.25, 0.3) is 0 Å². The molecule has 0 unspecified atom stereocenters. The van der Waals surface area contributed by atoms with Gasteiger partial charge in [-0.05, 0) is 17.7 Å². The van der Waals surface area contributed by atoms with Crippen LogP contribution in [0.25, 0.3) is 11.1 Å². The third-order valence-corrected chi connectivity index (χ3v) is 4.17. The van der Waals surface area contributed by atoms with Crippen LogP contribution in [0.15, 0.2) is 60.7 Å². The van der Waals surface area contributed by atoms with Crippen LogP contribution < -0.4 is 0 Å². The topological polar surface area (TPSA) is 34.1 Å². The second-order valence-electron chi connectivity index (χ2n) is 5.56. The lowest BCUT2D eigenvalue weighted by atomic mass is 9.80. The van der Waals surface area contributed by atoms with Crippen molar-refractivity contribution < 1.29 is 18.4 Å². The summed E-state index contributed by atoms with van der Waals surface area (Å²) in [5.41, 5.74) is 1.41. The number of hydrogen-bond acceptors (Lipinski definition) is 2. The molecule has 0 aliphatic heterocycles. The van der Waals surface area contributed by atoms with E-state index in [9.17, 15) is 18.4 Å². The second-order valence-corrected chi connectivity index (χ2v) is 5.56. The van der Waals surface area contributed by atoms with Crippen LogP contribution in [-0.2, 0) is 0 Å². The van der Waals surface area contributed by atoms with Crippen molar-refractivity contribution >= 4 is 11.6 Å². The van der Waals surface area contributed by atoms with Crippen molar-refractivity contribution in [3.63, 3.8) is 0 Å². The molecule has 0 aromatic heterocycles. The molecule has 3 aromatic rings. The molecule has 2 nitrogen and oxygen atoms in total. The number of carbonyl (C=O) groups excluding carboxylic acids is 2. The highest BCUT2D eigenvalue weighted by atomic mass is 19.1. The Labute approximate surface area is 136 Å². The van der Waals surface area contributed by atoms with Crippen LogP contribution in [-0.4, -0.2) is 11.6 Å². The minimum atomic E-state index is -0.775. The predicted molar refractivity (Wildman–Crippen MR) is 85.1 cm³/mol. The Morgan fingerprint density at radius 2 is 1.21 bits per heavy atom. The number of rotatable bonds is 1. The smallest absolute Gasteiger partial charge is 0.195 e. The Bertz CT molecular complexity index is 1020. The molecule has 116 valence electrons. The summed E-state index contributed by atoms with van der Waals surface area (Å²) < 4.78 is 27.4. The summed E-state index contributed by atoms with van der Waals surface area (Å²) in [4.78, 5) is 25.5. The summed E-state index contributed by atoms with van der Waals surface area (Å²) in [6, 6.07) is 14.4. The monoisotopic (exact) mass is 320 g/mol. The van der Waals surface area contributed by atoms with Gasteiger partial charge in [-0.25, -0.2) is 8.78 Å². The average Bonchev–Trinajstić information content (AvgIpc) is 2.59. The molecule has 1 aliphatic rings. The lowest BCUT2D eigenvalue weighted by Crippen LogP contribution is -2.21. The summed E-state index contributed by atoms with van der Waals surface area (Å²) in [6.07, 6.45) is 0. The van der Waals surface area contributed by atoms with Crippen molar-refractivity contribution in [1.82, 2.24) is 0 Å². The Balaban J connectivity index is 2.01. The van der Waals surface area contributed by atoms with E-state index in [0.717, 1.165) is 12.1 Å². The minimum absolute atomic E-state index is 0.0915. The molecule has 4 rings (SSSR count). The van der Waals surface area contributed by atoms with Crippen LogP contribution in [0, 0.1) is 11.6 Å². The number of benzene rings is 3. The Morgan fingerprint density at radius 3 is 1.92 bits per heavy atom. The van der Waals surface area contributed by atoms with Gasteiger partial charge in [0.15, 0.2) is 11.6 Å². The zero-order valence-electron chi connectivity index (χ0n) is 12.3. The summed E-state index contributed by atoms with van der Waals surface area (Å²) in [5, 5.41) is 0. The van der Waals surface area contributed by atoms with E-state index in [2.05, 4.69) is 0 Å². The van der Waals surface area contributed by atoms with E-state index >= 15 is 0 Å². The van der Waals surface area contributed by atoms with Crippen LogP contribution >= 0.6 is 0 Å². The maximum atomic E-state index is 14.2. The minimum Gasteiger partial charge on any atom is -0.289 e. The normalized spacial score (nSPS) is 12.8. The van der Waals surface area contributed by atoms with Gasteiger partial charge in [0.2, 0.25) is 0 Å². The van der Waals surface area contributed by atoms with Gasteiger partial charge in [-0.1, -0.05) is 42.5 Å². The summed E-state index contributed by atoms with van der Waals surface area (Å²) in [5.74, 6) is -2.08. The van der Waals surface area contributed by atoms with Crippen molar-refractivity contribution in [3.8, 4) is 11.1 Å². The molecule has 0 bridgehead atoms. The van der Waals surface area contributed by atoms with Crippen molar-refractivity contribution in [3.05, 3.63) is 94.6 Å². The van der Waals surface area contributed by atoms with Gasteiger partial charge in [-0.3, -0.25) is 9.59 Å². The maximum Gasteiger partial charge on any atom is 0.195 e. The molecule has 0 fully saturated rings. The van der Waals surface area contributed by atoms with E-state index < -0.39 is 11.6 Å². The standard InChI is InChI=1S/C20H10F2O2/c21-11-8-9-12(17(22)10-11)13-6-3-7-16-18(13)20(24)15-5-2-1-4-14(15)19(16)23/h1-10H. The van der Waals surface area contributed by atoms with Crippen molar-refractivity contribution in [2.45, 2.75) is 0 Å². The van der Waals surface area contributed by atoms with E-state index in [1.54, 1.807) is 42.5 Å². The largest absolute Gasteiger partial charge is 0.289 e. The zero-order valence-corrected chi connectivity index (χ0v) is 12.3. The lowest BCUT2D eigenvalue weighted by molar-refractivity contribution is 0.0979. The molecule has 0 amide bonds. The first kappa shape index (κ1) is 14.5. The van der Waals surface area contributed by atoms with Gasteiger partial charge < -0.3 is 0 Å². The fourth-order valence-corrected chi connectivity index (χ4v) is 3.08. The number of carbonyl (C=O) groups is 2. The third kappa shape index (κ3) is 2.00. The molecule has 0 N–H and O–H groups in total. The maximum absolute atomic E-state index is 14.2. The highest BCUT2D eigenvalue weighted by Gasteiger charge is 2.31. The van der Waals surface area contributed by atoms with Crippen LogP contribution in [0.4, 0.5) is 8.78 Å². The Kier molecular flexibility index (Phi) is 3.13. The van der Waals surface area contributed by atoms with Gasteiger partial charge in [-0.15, -0.1) is 0 Å². The van der Waals surface area contributed by atoms with Gasteiger partial charge >= 0.3 is 0 Å². The fourth-order valence-electron chi connectivity index (χ4n) is 3.08. The van der Waals surface area contributed by atoms with Crippen LogP contribution in [0.1, 0.15) is 31.8 Å². The second kappa shape index (κ2) is 5.20. The summed E-state index contributed by atoms with van der Waals surface area (Å²) in [7, 11) is 0. The first-order valence-corrected chi connectivity index (χ1v) is 7.35. The highest BCUT2D eigenvalue weighted by molar-refractivity contribution is 6.30. The van der Waals surface area contributed by atoms with E-state index in [4.69, 9.17) is 0 Å². The number of fused-ring (bicyclic) bond motifs is 2. The molecule has 0 saturated carbocycles. The molecule has 24 heavy (non-hydrogen) atoms. The predicted octanol–water partition coefficient (Wildman–Crippen LogP) is 4.41. The molecule has 0 heterocycles. The molecule has 0 saturated heterocycles. The number of halogens is 2. The van der Waals surface area contributed by atoms with E-state index in [-0.39, 0.29) is 33.8 Å². The molecular formula is C20H10F2O2. The molecule has 3 aromatic carbocycles. The molecule has 0 radical (unpaired) electrons. The lowest BCUT2D eigenvalue weighted by Gasteiger charge is -2.20. The first-order valence-electron chi connectivity index (χ1n) is 7.35. The SMILES string of the molecule is O=C1c2ccccc2C(=O)c2c1cccc2-c1ccc(F)cc1F. The van der Waals surface area contributed by atoms with E-state index in [0.29, 0.717) is 11.1 Å². The zero-order chi connectivity index (χ0) is 16.8. The fraction of sp³-hybridized carbons (Fsp3) is 0. The third-order valence-electron chi connectivity index (χ3n) is 4.17. The Morgan fingerprint density at radius 1 is 0.583 bits per heavy atom. The van der Waals surface area contributed by atoms with Crippen molar-refractivity contribution in [2.75, 3.05) is 0 Å². The van der Waals surface area contributed by atoms with Gasteiger partial charge in [0.05, 0.1) is 0 Å². The number of hydrogen-bond donors (Lipinski definition) is 0. The van der Waals surface area contributed by atoms with E-state index in [1.807, 2.05) is 0 Å². The van der Waals surface area contributed by atoms with Gasteiger partial charge in [0, 0.05) is 33.9 Å². The molecule has 1 aliphatic carbocycles. The number of ketones is 2. The van der Waals surface area contributed by atoms with Crippen LogP contribution in [0.2, 0.25) is 0 Å². The quantitative estimate of drug-likeness (QED) is 0.521. The molecule has 0 atom stereocenters. The van der Waals surface area contributed by atoms with E-state index in [1.165, 1.54) is 6.07 Å². The highest BCUT2D eigenvalue weighted by Crippen LogP contribution is 2.35. The van der Waals surface area contributed by atoms with Crippen molar-refractivity contribution in [2.24, 2.45) is 0 Å². The molecule has 0 spiro atoms.